The Morgan fingerprint density at radius 1 is 0.607 bits per heavy atom. The van der Waals surface area contributed by atoms with Crippen LogP contribution in [0, 0.1) is 0 Å². The summed E-state index contributed by atoms with van der Waals surface area (Å²) in [5, 5.41) is 8.78. The van der Waals surface area contributed by atoms with E-state index in [4.69, 9.17) is 0 Å². The molecule has 3 aromatic carbocycles. The Morgan fingerprint density at radius 3 is 1.82 bits per heavy atom. The molecule has 0 aliphatic heterocycles. The first-order chi connectivity index (χ1) is 13.7. The summed E-state index contributed by atoms with van der Waals surface area (Å²) >= 11 is 0. The van der Waals surface area contributed by atoms with E-state index in [2.05, 4.69) is 16.0 Å². The van der Waals surface area contributed by atoms with E-state index in [0.717, 1.165) is 22.6 Å². The van der Waals surface area contributed by atoms with Crippen LogP contribution in [0.5, 0.6) is 0 Å². The number of anilines is 3. The monoisotopic (exact) mass is 373 g/mol. The van der Waals surface area contributed by atoms with Gasteiger partial charge in [-0.05, 0) is 48.4 Å². The van der Waals surface area contributed by atoms with Crippen LogP contribution in [-0.4, -0.2) is 18.4 Å². The SMILES string of the molecule is O=C(CCc1ccccc1)Nc1ccc(NCC(=O)Nc2ccccc2)cc1. The molecule has 0 unspecified atom stereocenters. The van der Waals surface area contributed by atoms with Crippen molar-refractivity contribution in [2.24, 2.45) is 0 Å². The fourth-order valence-electron chi connectivity index (χ4n) is 2.71. The smallest absolute Gasteiger partial charge is 0.243 e. The van der Waals surface area contributed by atoms with E-state index in [1.54, 1.807) is 0 Å². The highest BCUT2D eigenvalue weighted by Gasteiger charge is 2.05. The van der Waals surface area contributed by atoms with Crippen molar-refractivity contribution in [2.75, 3.05) is 22.5 Å². The lowest BCUT2D eigenvalue weighted by molar-refractivity contribution is -0.116. The van der Waals surface area contributed by atoms with Gasteiger partial charge in [0.1, 0.15) is 0 Å². The molecule has 0 aliphatic rings. The van der Waals surface area contributed by atoms with Crippen LogP contribution in [-0.2, 0) is 16.0 Å². The number of carbonyl (C=O) groups is 2. The van der Waals surface area contributed by atoms with E-state index < -0.39 is 0 Å². The van der Waals surface area contributed by atoms with Crippen LogP contribution in [0.25, 0.3) is 0 Å². The van der Waals surface area contributed by atoms with Crippen LogP contribution in [0.3, 0.4) is 0 Å². The number of amides is 2. The van der Waals surface area contributed by atoms with Crippen LogP contribution >= 0.6 is 0 Å². The third kappa shape index (κ3) is 6.29. The fourth-order valence-corrected chi connectivity index (χ4v) is 2.71. The number of carbonyl (C=O) groups excluding carboxylic acids is 2. The summed E-state index contributed by atoms with van der Waals surface area (Å²) in [4.78, 5) is 24.0. The van der Waals surface area contributed by atoms with Gasteiger partial charge in [0.25, 0.3) is 0 Å². The topological polar surface area (TPSA) is 70.2 Å². The maximum absolute atomic E-state index is 12.1. The molecule has 0 heterocycles. The Labute approximate surface area is 164 Å². The van der Waals surface area contributed by atoms with Crippen LogP contribution in [0.4, 0.5) is 17.1 Å². The molecule has 0 fully saturated rings. The van der Waals surface area contributed by atoms with E-state index in [0.29, 0.717) is 12.8 Å². The Bertz CT molecular complexity index is 894. The predicted octanol–water partition coefficient (Wildman–Crippen LogP) is 4.31. The molecule has 5 heteroatoms. The van der Waals surface area contributed by atoms with Crippen LogP contribution < -0.4 is 16.0 Å². The van der Waals surface area contributed by atoms with Gasteiger partial charge in [-0.15, -0.1) is 0 Å². The lowest BCUT2D eigenvalue weighted by Crippen LogP contribution is -2.21. The van der Waals surface area contributed by atoms with E-state index in [9.17, 15) is 9.59 Å². The van der Waals surface area contributed by atoms with Crippen molar-refractivity contribution in [2.45, 2.75) is 12.8 Å². The summed E-state index contributed by atoms with van der Waals surface area (Å²) in [6, 6.07) is 26.6. The van der Waals surface area contributed by atoms with Crippen molar-refractivity contribution in [1.82, 2.24) is 0 Å². The highest BCUT2D eigenvalue weighted by molar-refractivity contribution is 5.94. The maximum Gasteiger partial charge on any atom is 0.243 e. The third-order valence-electron chi connectivity index (χ3n) is 4.16. The molecule has 0 saturated heterocycles. The molecule has 0 aliphatic carbocycles. The zero-order valence-electron chi connectivity index (χ0n) is 15.5. The van der Waals surface area contributed by atoms with E-state index >= 15 is 0 Å². The lowest BCUT2D eigenvalue weighted by atomic mass is 10.1. The summed E-state index contributed by atoms with van der Waals surface area (Å²) in [6.45, 7) is 0.164. The normalized spacial score (nSPS) is 10.1. The van der Waals surface area contributed by atoms with Gasteiger partial charge in [-0.2, -0.15) is 0 Å². The second-order valence-electron chi connectivity index (χ2n) is 6.38. The highest BCUT2D eigenvalue weighted by Crippen LogP contribution is 2.14. The maximum atomic E-state index is 12.1. The first-order valence-electron chi connectivity index (χ1n) is 9.22. The first-order valence-corrected chi connectivity index (χ1v) is 9.22. The molecule has 3 aromatic rings. The number of rotatable bonds is 8. The predicted molar refractivity (Wildman–Crippen MR) is 113 cm³/mol. The molecule has 28 heavy (non-hydrogen) atoms. The number of benzene rings is 3. The van der Waals surface area contributed by atoms with Gasteiger partial charge in [0, 0.05) is 23.5 Å². The summed E-state index contributed by atoms with van der Waals surface area (Å²) in [5.41, 5.74) is 3.46. The molecule has 0 atom stereocenters. The number of nitrogens with one attached hydrogen (secondary N) is 3. The second-order valence-corrected chi connectivity index (χ2v) is 6.38. The van der Waals surface area contributed by atoms with E-state index in [1.807, 2.05) is 84.9 Å². The van der Waals surface area contributed by atoms with Crippen molar-refractivity contribution < 1.29 is 9.59 Å². The Morgan fingerprint density at radius 2 is 1.14 bits per heavy atom. The molecule has 142 valence electrons. The molecule has 0 radical (unpaired) electrons. The highest BCUT2D eigenvalue weighted by atomic mass is 16.2. The lowest BCUT2D eigenvalue weighted by Gasteiger charge is -2.09. The van der Waals surface area contributed by atoms with Gasteiger partial charge in [-0.1, -0.05) is 48.5 Å². The fraction of sp³-hybridized carbons (Fsp3) is 0.130. The van der Waals surface area contributed by atoms with E-state index in [-0.39, 0.29) is 18.4 Å². The number of hydrogen-bond donors (Lipinski definition) is 3. The molecule has 3 rings (SSSR count). The molecule has 0 spiro atoms. The molecule has 3 N–H and O–H groups in total. The van der Waals surface area contributed by atoms with Gasteiger partial charge in [0.2, 0.25) is 11.8 Å². The summed E-state index contributed by atoms with van der Waals surface area (Å²) < 4.78 is 0. The molecule has 0 aromatic heterocycles. The van der Waals surface area contributed by atoms with Crippen molar-refractivity contribution >= 4 is 28.9 Å². The largest absolute Gasteiger partial charge is 0.376 e. The minimum absolute atomic E-state index is 0.0215. The van der Waals surface area contributed by atoms with Crippen molar-refractivity contribution in [3.63, 3.8) is 0 Å². The second kappa shape index (κ2) is 9.92. The average molecular weight is 373 g/mol. The minimum atomic E-state index is -0.121. The quantitative estimate of drug-likeness (QED) is 0.551. The molecular weight excluding hydrogens is 350 g/mol. The molecule has 2 amide bonds. The van der Waals surface area contributed by atoms with E-state index in [1.165, 1.54) is 0 Å². The van der Waals surface area contributed by atoms with Crippen LogP contribution in [0.2, 0.25) is 0 Å². The Kier molecular flexibility index (Phi) is 6.79. The third-order valence-corrected chi connectivity index (χ3v) is 4.16. The van der Waals surface area contributed by atoms with Gasteiger partial charge in [-0.25, -0.2) is 0 Å². The number of hydrogen-bond acceptors (Lipinski definition) is 3. The first kappa shape index (κ1) is 19.2. The molecular formula is C23H23N3O2. The molecule has 5 nitrogen and oxygen atoms in total. The zero-order chi connectivity index (χ0) is 19.6. The van der Waals surface area contributed by atoms with Crippen molar-refractivity contribution in [3.8, 4) is 0 Å². The number of para-hydroxylation sites is 1. The summed E-state index contributed by atoms with van der Waals surface area (Å²) in [6.07, 6.45) is 1.15. The number of aryl methyl sites for hydroxylation is 1. The minimum Gasteiger partial charge on any atom is -0.376 e. The Hall–Kier alpha value is -3.60. The summed E-state index contributed by atoms with van der Waals surface area (Å²) in [5.74, 6) is -0.142. The van der Waals surface area contributed by atoms with Gasteiger partial charge >= 0.3 is 0 Å². The molecule has 0 bridgehead atoms. The van der Waals surface area contributed by atoms with Crippen LogP contribution in [0.1, 0.15) is 12.0 Å². The Balaban J connectivity index is 1.41. The average Bonchev–Trinajstić information content (AvgIpc) is 2.73. The zero-order valence-corrected chi connectivity index (χ0v) is 15.5. The molecule has 0 saturated carbocycles. The van der Waals surface area contributed by atoms with Gasteiger partial charge in [-0.3, -0.25) is 9.59 Å². The van der Waals surface area contributed by atoms with Gasteiger partial charge in [0.15, 0.2) is 0 Å². The van der Waals surface area contributed by atoms with Crippen molar-refractivity contribution in [3.05, 3.63) is 90.5 Å². The van der Waals surface area contributed by atoms with Gasteiger partial charge < -0.3 is 16.0 Å². The summed E-state index contributed by atoms with van der Waals surface area (Å²) in [7, 11) is 0. The standard InChI is InChI=1S/C23H23N3O2/c27-22(16-11-18-7-3-1-4-8-18)25-21-14-12-19(13-15-21)24-17-23(28)26-20-9-5-2-6-10-20/h1-10,12-15,24H,11,16-17H2,(H,25,27)(H,26,28). The van der Waals surface area contributed by atoms with Crippen LogP contribution in [0.15, 0.2) is 84.9 Å². The van der Waals surface area contributed by atoms with Gasteiger partial charge in [0.05, 0.1) is 6.54 Å². The van der Waals surface area contributed by atoms with Crippen molar-refractivity contribution in [1.29, 1.82) is 0 Å².